The molecule has 1 saturated heterocycles. The van der Waals surface area contributed by atoms with E-state index in [2.05, 4.69) is 4.72 Å². The van der Waals surface area contributed by atoms with Crippen LogP contribution in [0.1, 0.15) is 12.8 Å². The first-order valence-electron chi connectivity index (χ1n) is 7.55. The van der Waals surface area contributed by atoms with Crippen molar-refractivity contribution in [3.63, 3.8) is 0 Å². The van der Waals surface area contributed by atoms with E-state index in [0.29, 0.717) is 25.1 Å². The molecule has 0 aliphatic carbocycles. The van der Waals surface area contributed by atoms with Gasteiger partial charge in [-0.1, -0.05) is 18.2 Å². The summed E-state index contributed by atoms with van der Waals surface area (Å²) in [6.07, 6.45) is 0.943. The van der Waals surface area contributed by atoms with Crippen molar-refractivity contribution in [2.75, 3.05) is 16.2 Å². The number of para-hydroxylation sites is 1. The Labute approximate surface area is 144 Å². The second kappa shape index (κ2) is 6.52. The number of carbonyl (C=O) groups is 1. The largest absolute Gasteiger partial charge is 0.306 e. The number of carbonyl (C=O) groups excluding carboxylic acids is 1. The summed E-state index contributed by atoms with van der Waals surface area (Å²) in [5.41, 5.74) is 0.0568. The van der Waals surface area contributed by atoms with E-state index < -0.39 is 20.6 Å². The van der Waals surface area contributed by atoms with Gasteiger partial charge in [0.25, 0.3) is 15.7 Å². The van der Waals surface area contributed by atoms with Gasteiger partial charge in [-0.15, -0.1) is 0 Å². The van der Waals surface area contributed by atoms with Crippen LogP contribution in [0.4, 0.5) is 17.1 Å². The second-order valence-corrected chi connectivity index (χ2v) is 7.21. The van der Waals surface area contributed by atoms with Crippen LogP contribution in [0.15, 0.2) is 53.4 Å². The SMILES string of the molecule is O=C1CCCN1c1ccc(S(=O)(=O)Nc2ccccc2)cc1[N+](=O)[O-]. The Hall–Kier alpha value is -2.94. The van der Waals surface area contributed by atoms with Gasteiger partial charge in [0.2, 0.25) is 5.91 Å². The van der Waals surface area contributed by atoms with Crippen LogP contribution in [0.2, 0.25) is 0 Å². The fourth-order valence-corrected chi connectivity index (χ4v) is 3.75. The average Bonchev–Trinajstić information content (AvgIpc) is 3.00. The second-order valence-electron chi connectivity index (χ2n) is 5.53. The monoisotopic (exact) mass is 361 g/mol. The zero-order valence-electron chi connectivity index (χ0n) is 13.1. The van der Waals surface area contributed by atoms with Crippen molar-refractivity contribution in [2.24, 2.45) is 0 Å². The number of sulfonamides is 1. The number of nitrogens with zero attached hydrogens (tertiary/aromatic N) is 2. The number of benzene rings is 2. The van der Waals surface area contributed by atoms with Gasteiger partial charge in [0.05, 0.1) is 9.82 Å². The molecule has 25 heavy (non-hydrogen) atoms. The van der Waals surface area contributed by atoms with Crippen LogP contribution in [-0.4, -0.2) is 25.8 Å². The lowest BCUT2D eigenvalue weighted by Crippen LogP contribution is -2.24. The minimum absolute atomic E-state index is 0.117. The highest BCUT2D eigenvalue weighted by molar-refractivity contribution is 7.92. The van der Waals surface area contributed by atoms with Crippen LogP contribution in [0.5, 0.6) is 0 Å². The lowest BCUT2D eigenvalue weighted by atomic mass is 10.2. The van der Waals surface area contributed by atoms with Crippen molar-refractivity contribution >= 4 is 33.0 Å². The van der Waals surface area contributed by atoms with Crippen LogP contribution in [-0.2, 0) is 14.8 Å². The molecule has 0 unspecified atom stereocenters. The van der Waals surface area contributed by atoms with Gasteiger partial charge >= 0.3 is 0 Å². The lowest BCUT2D eigenvalue weighted by Gasteiger charge is -2.16. The predicted octanol–water partition coefficient (Wildman–Crippen LogP) is 2.52. The predicted molar refractivity (Wildman–Crippen MR) is 91.9 cm³/mol. The van der Waals surface area contributed by atoms with E-state index in [4.69, 9.17) is 0 Å². The molecule has 9 heteroatoms. The molecule has 0 saturated carbocycles. The Bertz CT molecular complexity index is 928. The molecule has 1 aliphatic heterocycles. The molecule has 2 aromatic rings. The minimum Gasteiger partial charge on any atom is -0.306 e. The van der Waals surface area contributed by atoms with Crippen molar-refractivity contribution in [1.29, 1.82) is 0 Å². The molecular formula is C16H15N3O5S. The van der Waals surface area contributed by atoms with Crippen molar-refractivity contribution < 1.29 is 18.1 Å². The number of anilines is 2. The molecule has 1 amide bonds. The molecule has 130 valence electrons. The number of hydrogen-bond acceptors (Lipinski definition) is 5. The number of hydrogen-bond donors (Lipinski definition) is 1. The normalized spacial score (nSPS) is 14.6. The molecule has 0 radical (unpaired) electrons. The maximum absolute atomic E-state index is 12.5. The fraction of sp³-hybridized carbons (Fsp3) is 0.188. The Morgan fingerprint density at radius 1 is 1.12 bits per heavy atom. The van der Waals surface area contributed by atoms with Crippen LogP contribution >= 0.6 is 0 Å². The van der Waals surface area contributed by atoms with Crippen molar-refractivity contribution in [1.82, 2.24) is 0 Å². The summed E-state index contributed by atoms with van der Waals surface area (Å²) in [7, 11) is -3.98. The molecule has 1 aliphatic rings. The third-order valence-electron chi connectivity index (χ3n) is 3.84. The smallest absolute Gasteiger partial charge is 0.294 e. The molecule has 0 spiro atoms. The quantitative estimate of drug-likeness (QED) is 0.650. The van der Waals surface area contributed by atoms with Gasteiger partial charge < -0.3 is 4.90 Å². The number of nitro groups is 1. The van der Waals surface area contributed by atoms with Gasteiger partial charge in [-0.3, -0.25) is 19.6 Å². The average molecular weight is 361 g/mol. The molecule has 1 N–H and O–H groups in total. The summed E-state index contributed by atoms with van der Waals surface area (Å²) in [4.78, 5) is 23.6. The number of nitrogens with one attached hydrogen (secondary N) is 1. The molecule has 2 aromatic carbocycles. The van der Waals surface area contributed by atoms with E-state index in [9.17, 15) is 23.3 Å². The molecule has 3 rings (SSSR count). The van der Waals surface area contributed by atoms with Gasteiger partial charge in [-0.2, -0.15) is 0 Å². The fourth-order valence-electron chi connectivity index (χ4n) is 2.67. The van der Waals surface area contributed by atoms with Crippen LogP contribution in [0, 0.1) is 10.1 Å². The lowest BCUT2D eigenvalue weighted by molar-refractivity contribution is -0.384. The molecule has 8 nitrogen and oxygen atoms in total. The molecule has 0 bridgehead atoms. The van der Waals surface area contributed by atoms with Crippen molar-refractivity contribution in [3.05, 3.63) is 58.6 Å². The van der Waals surface area contributed by atoms with E-state index in [0.717, 1.165) is 6.07 Å². The molecule has 1 heterocycles. The zero-order valence-corrected chi connectivity index (χ0v) is 13.9. The van der Waals surface area contributed by atoms with Gasteiger partial charge in [-0.25, -0.2) is 8.42 Å². The Kier molecular flexibility index (Phi) is 4.41. The van der Waals surface area contributed by atoms with E-state index in [1.807, 2.05) is 0 Å². The Morgan fingerprint density at radius 3 is 2.44 bits per heavy atom. The van der Waals surface area contributed by atoms with Crippen LogP contribution in [0.25, 0.3) is 0 Å². The van der Waals surface area contributed by atoms with Gasteiger partial charge in [-0.05, 0) is 30.7 Å². The highest BCUT2D eigenvalue weighted by atomic mass is 32.2. The molecule has 1 fully saturated rings. The van der Waals surface area contributed by atoms with Crippen LogP contribution < -0.4 is 9.62 Å². The first-order chi connectivity index (χ1) is 11.9. The number of amides is 1. The van der Waals surface area contributed by atoms with Gasteiger partial charge in [0, 0.05) is 24.7 Å². The van der Waals surface area contributed by atoms with Crippen molar-refractivity contribution in [2.45, 2.75) is 17.7 Å². The summed E-state index contributed by atoms with van der Waals surface area (Å²) in [6, 6.07) is 11.8. The van der Waals surface area contributed by atoms with E-state index in [1.54, 1.807) is 30.3 Å². The van der Waals surface area contributed by atoms with E-state index >= 15 is 0 Å². The minimum atomic E-state index is -3.98. The zero-order chi connectivity index (χ0) is 18.0. The maximum Gasteiger partial charge on any atom is 0.294 e. The van der Waals surface area contributed by atoms with Crippen molar-refractivity contribution in [3.8, 4) is 0 Å². The molecule has 0 atom stereocenters. The summed E-state index contributed by atoms with van der Waals surface area (Å²) < 4.78 is 27.3. The first kappa shape index (κ1) is 16.9. The third kappa shape index (κ3) is 3.45. The molecular weight excluding hydrogens is 346 g/mol. The topological polar surface area (TPSA) is 110 Å². The number of nitro benzene ring substituents is 1. The van der Waals surface area contributed by atoms with E-state index in [-0.39, 0.29) is 16.5 Å². The maximum atomic E-state index is 12.5. The summed E-state index contributed by atoms with van der Waals surface area (Å²) in [5.74, 6) is -0.207. The molecule has 0 aromatic heterocycles. The Balaban J connectivity index is 1.99. The standard InChI is InChI=1S/C16H15N3O5S/c20-16-7-4-10-18(16)14-9-8-13(11-15(14)19(21)22)25(23,24)17-12-5-2-1-3-6-12/h1-3,5-6,8-9,11,17H,4,7,10H2. The van der Waals surface area contributed by atoms with Gasteiger partial charge in [0.15, 0.2) is 0 Å². The van der Waals surface area contributed by atoms with Crippen LogP contribution in [0.3, 0.4) is 0 Å². The highest BCUT2D eigenvalue weighted by Crippen LogP contribution is 2.33. The van der Waals surface area contributed by atoms with Gasteiger partial charge in [0.1, 0.15) is 5.69 Å². The summed E-state index contributed by atoms with van der Waals surface area (Å²) in [5, 5.41) is 11.4. The number of rotatable bonds is 5. The third-order valence-corrected chi connectivity index (χ3v) is 5.22. The first-order valence-corrected chi connectivity index (χ1v) is 9.03. The Morgan fingerprint density at radius 2 is 1.84 bits per heavy atom. The summed E-state index contributed by atoms with van der Waals surface area (Å²) >= 11 is 0. The summed E-state index contributed by atoms with van der Waals surface area (Å²) in [6.45, 7) is 0.383. The van der Waals surface area contributed by atoms with E-state index in [1.165, 1.54) is 17.0 Å². The highest BCUT2D eigenvalue weighted by Gasteiger charge is 2.30.